The molecule has 1 unspecified atom stereocenters. The van der Waals surface area contributed by atoms with Crippen LogP contribution in [0.2, 0.25) is 5.02 Å². The first-order valence-corrected chi connectivity index (χ1v) is 7.86. The predicted octanol–water partition coefficient (Wildman–Crippen LogP) is 3.65. The Morgan fingerprint density at radius 1 is 1.42 bits per heavy atom. The van der Waals surface area contributed by atoms with Gasteiger partial charge in [0.15, 0.2) is 6.61 Å². The van der Waals surface area contributed by atoms with Gasteiger partial charge in [0, 0.05) is 16.9 Å². The van der Waals surface area contributed by atoms with Gasteiger partial charge in [-0.25, -0.2) is 0 Å². The van der Waals surface area contributed by atoms with Gasteiger partial charge in [-0.1, -0.05) is 40.9 Å². The SMILES string of the molecule is CCC(CCBr)CNC(=O)COc1ccc(Cl)cc1. The Kier molecular flexibility index (Phi) is 7.91. The van der Waals surface area contributed by atoms with Crippen molar-refractivity contribution < 1.29 is 9.53 Å². The van der Waals surface area contributed by atoms with Crippen LogP contribution in [0.4, 0.5) is 0 Å². The molecule has 0 aliphatic heterocycles. The number of hydrogen-bond donors (Lipinski definition) is 1. The average Bonchev–Trinajstić information content (AvgIpc) is 2.42. The molecule has 0 heterocycles. The predicted molar refractivity (Wildman–Crippen MR) is 82.1 cm³/mol. The molecule has 5 heteroatoms. The fourth-order valence-corrected chi connectivity index (χ4v) is 2.37. The summed E-state index contributed by atoms with van der Waals surface area (Å²) in [7, 11) is 0. The molecule has 1 aromatic rings. The lowest BCUT2D eigenvalue weighted by Gasteiger charge is -2.14. The molecule has 3 nitrogen and oxygen atoms in total. The Balaban J connectivity index is 2.25. The summed E-state index contributed by atoms with van der Waals surface area (Å²) in [5, 5.41) is 4.50. The van der Waals surface area contributed by atoms with Crippen molar-refractivity contribution in [1.82, 2.24) is 5.32 Å². The van der Waals surface area contributed by atoms with E-state index in [1.807, 2.05) is 0 Å². The minimum Gasteiger partial charge on any atom is -0.484 e. The maximum atomic E-state index is 11.6. The van der Waals surface area contributed by atoms with Gasteiger partial charge in [0.25, 0.3) is 5.91 Å². The lowest BCUT2D eigenvalue weighted by Crippen LogP contribution is -2.33. The first-order chi connectivity index (χ1) is 9.15. The Labute approximate surface area is 127 Å². The molecule has 1 rings (SSSR count). The molecular weight excluding hydrogens is 330 g/mol. The second kappa shape index (κ2) is 9.21. The molecule has 1 atom stereocenters. The van der Waals surface area contributed by atoms with E-state index in [0.29, 0.717) is 23.2 Å². The number of amides is 1. The molecule has 0 saturated heterocycles. The van der Waals surface area contributed by atoms with Crippen LogP contribution in [0.15, 0.2) is 24.3 Å². The maximum absolute atomic E-state index is 11.6. The number of hydrogen-bond acceptors (Lipinski definition) is 2. The molecule has 0 bridgehead atoms. The number of alkyl halides is 1. The molecule has 0 aromatic heterocycles. The molecule has 0 spiro atoms. The lowest BCUT2D eigenvalue weighted by molar-refractivity contribution is -0.123. The summed E-state index contributed by atoms with van der Waals surface area (Å²) in [6.07, 6.45) is 2.12. The number of rotatable bonds is 8. The van der Waals surface area contributed by atoms with E-state index in [-0.39, 0.29) is 12.5 Å². The van der Waals surface area contributed by atoms with Gasteiger partial charge in [0.1, 0.15) is 5.75 Å². The van der Waals surface area contributed by atoms with Crippen molar-refractivity contribution in [2.75, 3.05) is 18.5 Å². The molecule has 0 aliphatic rings. The number of halogens is 2. The van der Waals surface area contributed by atoms with Crippen LogP contribution in [0.1, 0.15) is 19.8 Å². The summed E-state index contributed by atoms with van der Waals surface area (Å²) in [6.45, 7) is 2.86. The normalized spacial score (nSPS) is 11.9. The third-order valence-electron chi connectivity index (χ3n) is 2.87. The van der Waals surface area contributed by atoms with Crippen LogP contribution in [0.3, 0.4) is 0 Å². The highest BCUT2D eigenvalue weighted by molar-refractivity contribution is 9.09. The number of ether oxygens (including phenoxy) is 1. The minimum atomic E-state index is -0.0945. The summed E-state index contributed by atoms with van der Waals surface area (Å²) >= 11 is 9.18. The van der Waals surface area contributed by atoms with Crippen molar-refractivity contribution in [1.29, 1.82) is 0 Å². The molecule has 106 valence electrons. The Morgan fingerprint density at radius 2 is 2.11 bits per heavy atom. The Hall–Kier alpha value is -0.740. The third-order valence-corrected chi connectivity index (χ3v) is 3.58. The first kappa shape index (κ1) is 16.3. The van der Waals surface area contributed by atoms with E-state index in [9.17, 15) is 4.79 Å². The van der Waals surface area contributed by atoms with Crippen molar-refractivity contribution in [2.24, 2.45) is 5.92 Å². The summed E-state index contributed by atoms with van der Waals surface area (Å²) in [6, 6.07) is 6.96. The van der Waals surface area contributed by atoms with E-state index in [2.05, 4.69) is 28.2 Å². The van der Waals surface area contributed by atoms with Gasteiger partial charge >= 0.3 is 0 Å². The van der Waals surface area contributed by atoms with Gasteiger partial charge in [-0.3, -0.25) is 4.79 Å². The standard InChI is InChI=1S/C14H19BrClNO2/c1-2-11(7-8-15)9-17-14(18)10-19-13-5-3-12(16)4-6-13/h3-6,11H,2,7-10H2,1H3,(H,17,18). The molecule has 0 saturated carbocycles. The number of nitrogens with one attached hydrogen (secondary N) is 1. The summed E-state index contributed by atoms with van der Waals surface area (Å²) < 4.78 is 5.37. The van der Waals surface area contributed by atoms with Gasteiger partial charge in [-0.05, 0) is 36.6 Å². The average molecular weight is 349 g/mol. The van der Waals surface area contributed by atoms with Crippen LogP contribution in [0.25, 0.3) is 0 Å². The number of carbonyl (C=O) groups excluding carboxylic acids is 1. The zero-order valence-electron chi connectivity index (χ0n) is 11.0. The highest BCUT2D eigenvalue weighted by Gasteiger charge is 2.08. The van der Waals surface area contributed by atoms with Gasteiger partial charge in [0.2, 0.25) is 0 Å². The summed E-state index contributed by atoms with van der Waals surface area (Å²) in [5.74, 6) is 1.06. The molecule has 1 amide bonds. The minimum absolute atomic E-state index is 0.0341. The van der Waals surface area contributed by atoms with Crippen LogP contribution >= 0.6 is 27.5 Å². The first-order valence-electron chi connectivity index (χ1n) is 6.36. The second-order valence-electron chi connectivity index (χ2n) is 4.30. The van der Waals surface area contributed by atoms with E-state index in [1.165, 1.54) is 0 Å². The van der Waals surface area contributed by atoms with Crippen LogP contribution < -0.4 is 10.1 Å². The molecule has 0 radical (unpaired) electrons. The van der Waals surface area contributed by atoms with E-state index < -0.39 is 0 Å². The highest BCUT2D eigenvalue weighted by Crippen LogP contribution is 2.15. The van der Waals surface area contributed by atoms with Crippen molar-refractivity contribution in [2.45, 2.75) is 19.8 Å². The van der Waals surface area contributed by atoms with Crippen LogP contribution in [0, 0.1) is 5.92 Å². The van der Waals surface area contributed by atoms with Crippen molar-refractivity contribution >= 4 is 33.4 Å². The zero-order chi connectivity index (χ0) is 14.1. The molecule has 0 fully saturated rings. The maximum Gasteiger partial charge on any atom is 0.257 e. The van der Waals surface area contributed by atoms with Gasteiger partial charge in [-0.15, -0.1) is 0 Å². The number of benzene rings is 1. The Morgan fingerprint density at radius 3 is 2.68 bits per heavy atom. The summed E-state index contributed by atoms with van der Waals surface area (Å²) in [5.41, 5.74) is 0. The van der Waals surface area contributed by atoms with Crippen molar-refractivity contribution in [3.8, 4) is 5.75 Å². The number of carbonyl (C=O) groups is 1. The van der Waals surface area contributed by atoms with Gasteiger partial charge in [0.05, 0.1) is 0 Å². The lowest BCUT2D eigenvalue weighted by atomic mass is 10.0. The van der Waals surface area contributed by atoms with Crippen molar-refractivity contribution in [3.05, 3.63) is 29.3 Å². The topological polar surface area (TPSA) is 38.3 Å². The molecular formula is C14H19BrClNO2. The van der Waals surface area contributed by atoms with Gasteiger partial charge < -0.3 is 10.1 Å². The largest absolute Gasteiger partial charge is 0.484 e. The summed E-state index contributed by atoms with van der Waals surface area (Å²) in [4.78, 5) is 11.6. The fraction of sp³-hybridized carbons (Fsp3) is 0.500. The molecule has 19 heavy (non-hydrogen) atoms. The van der Waals surface area contributed by atoms with E-state index in [4.69, 9.17) is 16.3 Å². The van der Waals surface area contributed by atoms with Gasteiger partial charge in [-0.2, -0.15) is 0 Å². The van der Waals surface area contributed by atoms with E-state index in [0.717, 1.165) is 18.2 Å². The smallest absolute Gasteiger partial charge is 0.257 e. The van der Waals surface area contributed by atoms with Crippen LogP contribution in [-0.4, -0.2) is 24.4 Å². The van der Waals surface area contributed by atoms with Crippen LogP contribution in [0.5, 0.6) is 5.75 Å². The molecule has 1 N–H and O–H groups in total. The zero-order valence-corrected chi connectivity index (χ0v) is 13.3. The second-order valence-corrected chi connectivity index (χ2v) is 5.53. The fourth-order valence-electron chi connectivity index (χ4n) is 1.59. The highest BCUT2D eigenvalue weighted by atomic mass is 79.9. The molecule has 0 aliphatic carbocycles. The quantitative estimate of drug-likeness (QED) is 0.728. The Bertz CT molecular complexity index is 384. The van der Waals surface area contributed by atoms with Crippen molar-refractivity contribution in [3.63, 3.8) is 0 Å². The van der Waals surface area contributed by atoms with E-state index in [1.54, 1.807) is 24.3 Å². The van der Waals surface area contributed by atoms with E-state index >= 15 is 0 Å². The third kappa shape index (κ3) is 6.83. The van der Waals surface area contributed by atoms with Crippen LogP contribution in [-0.2, 0) is 4.79 Å². The monoisotopic (exact) mass is 347 g/mol. The molecule has 1 aromatic carbocycles.